The van der Waals surface area contributed by atoms with Gasteiger partial charge in [-0.25, -0.2) is 0 Å². The number of unbranched alkanes of at least 4 members (excludes halogenated alkanes) is 5. The van der Waals surface area contributed by atoms with Crippen LogP contribution in [-0.2, 0) is 4.79 Å². The van der Waals surface area contributed by atoms with E-state index in [2.05, 4.69) is 12.2 Å². The normalized spacial score (nSPS) is 17.9. The summed E-state index contributed by atoms with van der Waals surface area (Å²) in [6.45, 7) is 3.01. The largest absolute Gasteiger partial charge is 0.356 e. The molecule has 0 unspecified atom stereocenters. The first kappa shape index (κ1) is 17.8. The average molecular weight is 302 g/mol. The maximum Gasteiger partial charge on any atom is 0.220 e. The van der Waals surface area contributed by atoms with Gasteiger partial charge in [-0.15, -0.1) is 11.6 Å². The molecule has 0 bridgehead atoms. The van der Waals surface area contributed by atoms with E-state index in [-0.39, 0.29) is 11.3 Å². The molecule has 1 amide bonds. The van der Waals surface area contributed by atoms with Gasteiger partial charge in [0.2, 0.25) is 5.91 Å². The topological polar surface area (TPSA) is 29.1 Å². The Balaban J connectivity index is 2.09. The highest BCUT2D eigenvalue weighted by Gasteiger charge is 2.31. The lowest BCUT2D eigenvalue weighted by atomic mass is 9.75. The molecule has 0 aromatic heterocycles. The van der Waals surface area contributed by atoms with Crippen molar-refractivity contribution in [2.24, 2.45) is 5.41 Å². The Labute approximate surface area is 130 Å². The molecular formula is C17H32ClNO. The first-order valence-corrected chi connectivity index (χ1v) is 9.08. The van der Waals surface area contributed by atoms with Gasteiger partial charge in [-0.05, 0) is 19.3 Å². The van der Waals surface area contributed by atoms with Crippen LogP contribution in [0.3, 0.4) is 0 Å². The zero-order valence-electron chi connectivity index (χ0n) is 13.2. The summed E-state index contributed by atoms with van der Waals surface area (Å²) in [6.07, 6.45) is 14.3. The molecule has 3 heteroatoms. The lowest BCUT2D eigenvalue weighted by Gasteiger charge is -2.35. The van der Waals surface area contributed by atoms with E-state index >= 15 is 0 Å². The fraction of sp³-hybridized carbons (Fsp3) is 0.941. The van der Waals surface area contributed by atoms with Crippen LogP contribution in [0.15, 0.2) is 0 Å². The average Bonchev–Trinajstić information content (AvgIpc) is 2.49. The van der Waals surface area contributed by atoms with Crippen molar-refractivity contribution in [3.8, 4) is 0 Å². The molecule has 1 rings (SSSR count). The van der Waals surface area contributed by atoms with Gasteiger partial charge in [0.1, 0.15) is 0 Å². The van der Waals surface area contributed by atoms with E-state index < -0.39 is 0 Å². The number of hydrogen-bond donors (Lipinski definition) is 1. The van der Waals surface area contributed by atoms with Gasteiger partial charge in [0.05, 0.1) is 0 Å². The highest BCUT2D eigenvalue weighted by molar-refractivity contribution is 6.18. The molecule has 20 heavy (non-hydrogen) atoms. The summed E-state index contributed by atoms with van der Waals surface area (Å²) in [5.41, 5.74) is 0.177. The van der Waals surface area contributed by atoms with Gasteiger partial charge in [-0.3, -0.25) is 4.79 Å². The van der Waals surface area contributed by atoms with E-state index in [1.54, 1.807) is 0 Å². The van der Waals surface area contributed by atoms with Crippen LogP contribution in [-0.4, -0.2) is 18.3 Å². The van der Waals surface area contributed by atoms with Crippen LogP contribution in [0, 0.1) is 5.41 Å². The second kappa shape index (κ2) is 10.5. The Kier molecular flexibility index (Phi) is 9.33. The quantitative estimate of drug-likeness (QED) is 0.444. The molecule has 0 radical (unpaired) electrons. The molecule has 118 valence electrons. The van der Waals surface area contributed by atoms with Gasteiger partial charge in [-0.1, -0.05) is 58.3 Å². The van der Waals surface area contributed by atoms with Crippen molar-refractivity contribution in [3.05, 3.63) is 0 Å². The predicted octanol–water partition coefficient (Wildman–Crippen LogP) is 5.04. The third kappa shape index (κ3) is 6.97. The minimum absolute atomic E-state index is 0.177. The van der Waals surface area contributed by atoms with Crippen molar-refractivity contribution in [2.75, 3.05) is 12.4 Å². The Bertz CT molecular complexity index is 262. The number of halogens is 1. The van der Waals surface area contributed by atoms with Gasteiger partial charge in [0, 0.05) is 24.3 Å². The molecule has 1 aliphatic carbocycles. The monoisotopic (exact) mass is 301 g/mol. The fourth-order valence-corrected chi connectivity index (χ4v) is 3.46. The summed E-state index contributed by atoms with van der Waals surface area (Å²) in [6, 6.07) is 0. The van der Waals surface area contributed by atoms with Gasteiger partial charge in [0.25, 0.3) is 0 Å². The van der Waals surface area contributed by atoms with Crippen LogP contribution in [0.25, 0.3) is 0 Å². The third-order valence-corrected chi connectivity index (χ3v) is 5.18. The van der Waals surface area contributed by atoms with Crippen LogP contribution in [0.5, 0.6) is 0 Å². The minimum Gasteiger partial charge on any atom is -0.356 e. The van der Waals surface area contributed by atoms with Crippen LogP contribution in [0.1, 0.15) is 84.0 Å². The molecule has 0 saturated heterocycles. The number of hydrogen-bond acceptors (Lipinski definition) is 1. The van der Waals surface area contributed by atoms with E-state index in [4.69, 9.17) is 11.6 Å². The molecule has 1 aliphatic rings. The lowest BCUT2D eigenvalue weighted by Crippen LogP contribution is -2.40. The Hall–Kier alpha value is -0.240. The number of alkyl halides is 1. The molecule has 0 atom stereocenters. The number of amides is 1. The molecule has 0 aromatic carbocycles. The van der Waals surface area contributed by atoms with Crippen molar-refractivity contribution < 1.29 is 4.79 Å². The predicted molar refractivity (Wildman–Crippen MR) is 87.2 cm³/mol. The van der Waals surface area contributed by atoms with E-state index in [0.717, 1.165) is 13.0 Å². The number of carbonyl (C=O) groups is 1. The first-order chi connectivity index (χ1) is 9.72. The second-order valence-corrected chi connectivity index (χ2v) is 6.76. The summed E-state index contributed by atoms with van der Waals surface area (Å²) in [5.74, 6) is 0.903. The van der Waals surface area contributed by atoms with Gasteiger partial charge in [0.15, 0.2) is 0 Å². The highest BCUT2D eigenvalue weighted by atomic mass is 35.5. The van der Waals surface area contributed by atoms with Gasteiger partial charge < -0.3 is 5.32 Å². The molecule has 1 saturated carbocycles. The minimum atomic E-state index is 0.177. The molecule has 0 heterocycles. The van der Waals surface area contributed by atoms with Crippen molar-refractivity contribution in [1.82, 2.24) is 5.32 Å². The standard InChI is InChI=1S/C17H32ClNO/c1-2-3-4-5-6-8-11-16(20)19-15-17(14-18)12-9-7-10-13-17/h2-15H2,1H3,(H,19,20). The molecule has 1 fully saturated rings. The number of rotatable bonds is 10. The zero-order valence-corrected chi connectivity index (χ0v) is 13.9. The Morgan fingerprint density at radius 3 is 2.35 bits per heavy atom. The summed E-state index contributed by atoms with van der Waals surface area (Å²) < 4.78 is 0. The molecular weight excluding hydrogens is 270 g/mol. The van der Waals surface area contributed by atoms with Crippen molar-refractivity contribution in [1.29, 1.82) is 0 Å². The van der Waals surface area contributed by atoms with Gasteiger partial charge in [-0.2, -0.15) is 0 Å². The van der Waals surface area contributed by atoms with Crippen molar-refractivity contribution >= 4 is 17.5 Å². The van der Waals surface area contributed by atoms with Crippen LogP contribution < -0.4 is 5.32 Å². The summed E-state index contributed by atoms with van der Waals surface area (Å²) >= 11 is 6.14. The van der Waals surface area contributed by atoms with E-state index in [1.807, 2.05) is 0 Å². The zero-order chi connectivity index (χ0) is 14.7. The maximum atomic E-state index is 11.9. The smallest absolute Gasteiger partial charge is 0.220 e. The summed E-state index contributed by atoms with van der Waals surface area (Å²) in [4.78, 5) is 11.9. The third-order valence-electron chi connectivity index (χ3n) is 4.62. The molecule has 0 spiro atoms. The maximum absolute atomic E-state index is 11.9. The fourth-order valence-electron chi connectivity index (χ4n) is 3.10. The molecule has 2 nitrogen and oxygen atoms in total. The van der Waals surface area contributed by atoms with E-state index in [1.165, 1.54) is 64.2 Å². The second-order valence-electron chi connectivity index (χ2n) is 6.49. The van der Waals surface area contributed by atoms with E-state index in [0.29, 0.717) is 12.3 Å². The summed E-state index contributed by atoms with van der Waals surface area (Å²) in [5, 5.41) is 3.12. The number of carbonyl (C=O) groups excluding carboxylic acids is 1. The lowest BCUT2D eigenvalue weighted by molar-refractivity contribution is -0.121. The van der Waals surface area contributed by atoms with Crippen molar-refractivity contribution in [2.45, 2.75) is 84.0 Å². The highest BCUT2D eigenvalue weighted by Crippen LogP contribution is 2.36. The van der Waals surface area contributed by atoms with Crippen LogP contribution in [0.2, 0.25) is 0 Å². The Morgan fingerprint density at radius 1 is 1.05 bits per heavy atom. The Morgan fingerprint density at radius 2 is 1.70 bits per heavy atom. The molecule has 0 aliphatic heterocycles. The SMILES string of the molecule is CCCCCCCCC(=O)NCC1(CCl)CCCCC1. The van der Waals surface area contributed by atoms with Crippen LogP contribution in [0.4, 0.5) is 0 Å². The van der Waals surface area contributed by atoms with Crippen LogP contribution >= 0.6 is 11.6 Å². The molecule has 0 aromatic rings. The van der Waals surface area contributed by atoms with E-state index in [9.17, 15) is 4.79 Å². The molecule has 1 N–H and O–H groups in total. The number of nitrogens with one attached hydrogen (secondary N) is 1. The first-order valence-electron chi connectivity index (χ1n) is 8.55. The summed E-state index contributed by atoms with van der Waals surface area (Å²) in [7, 11) is 0. The van der Waals surface area contributed by atoms with Crippen molar-refractivity contribution in [3.63, 3.8) is 0 Å². The van der Waals surface area contributed by atoms with Gasteiger partial charge >= 0.3 is 0 Å².